The van der Waals surface area contributed by atoms with E-state index in [2.05, 4.69) is 15.5 Å². The standard InChI is InChI=1S/C14H20N4O/c15-11-7-16-18-12(11)13(19)17-14-4-8-1-9(5-14)3-10(2-8)6-14/h7-10H,1-6,15H2,(H,16,18)(H,17,19). The predicted octanol–water partition coefficient (Wildman–Crippen LogP) is 1.69. The van der Waals surface area contributed by atoms with Gasteiger partial charge in [-0.2, -0.15) is 5.10 Å². The molecule has 0 radical (unpaired) electrons. The lowest BCUT2D eigenvalue weighted by Crippen LogP contribution is -2.59. The van der Waals surface area contributed by atoms with Gasteiger partial charge in [0.05, 0.1) is 11.9 Å². The van der Waals surface area contributed by atoms with Crippen molar-refractivity contribution in [2.24, 2.45) is 17.8 Å². The fourth-order valence-corrected chi connectivity index (χ4v) is 5.04. The lowest BCUT2D eigenvalue weighted by atomic mass is 9.53. The number of carbonyl (C=O) groups excluding carboxylic acids is 1. The summed E-state index contributed by atoms with van der Waals surface area (Å²) in [6.07, 6.45) is 9.08. The van der Waals surface area contributed by atoms with Crippen molar-refractivity contribution in [2.45, 2.75) is 44.1 Å². The Bertz CT molecular complexity index is 486. The van der Waals surface area contributed by atoms with Crippen LogP contribution in [0.5, 0.6) is 0 Å². The summed E-state index contributed by atoms with van der Waals surface area (Å²) in [5, 5.41) is 9.80. The predicted molar refractivity (Wildman–Crippen MR) is 71.4 cm³/mol. The quantitative estimate of drug-likeness (QED) is 0.756. The van der Waals surface area contributed by atoms with Gasteiger partial charge in [0.15, 0.2) is 0 Å². The Labute approximate surface area is 112 Å². The van der Waals surface area contributed by atoms with Crippen LogP contribution in [0.15, 0.2) is 6.20 Å². The van der Waals surface area contributed by atoms with Crippen molar-refractivity contribution in [2.75, 3.05) is 5.73 Å². The Balaban J connectivity index is 1.56. The number of nitrogens with zero attached hydrogens (tertiary/aromatic N) is 1. The number of nitrogens with two attached hydrogens (primary N) is 1. The normalized spacial score (nSPS) is 39.5. The van der Waals surface area contributed by atoms with Gasteiger partial charge in [-0.25, -0.2) is 0 Å². The minimum absolute atomic E-state index is 0.0311. The fourth-order valence-electron chi connectivity index (χ4n) is 5.04. The Kier molecular flexibility index (Phi) is 2.23. The van der Waals surface area contributed by atoms with Gasteiger partial charge in [0.25, 0.3) is 5.91 Å². The van der Waals surface area contributed by atoms with E-state index in [0.717, 1.165) is 37.0 Å². The molecule has 4 fully saturated rings. The third-order valence-corrected chi connectivity index (χ3v) is 5.31. The number of anilines is 1. The van der Waals surface area contributed by atoms with Crippen molar-refractivity contribution in [1.29, 1.82) is 0 Å². The van der Waals surface area contributed by atoms with E-state index in [1.165, 1.54) is 25.5 Å². The first-order valence-corrected chi connectivity index (χ1v) is 7.25. The lowest BCUT2D eigenvalue weighted by molar-refractivity contribution is -0.0167. The number of carbonyl (C=O) groups is 1. The number of amides is 1. The molecule has 5 rings (SSSR count). The van der Waals surface area contributed by atoms with Crippen molar-refractivity contribution >= 4 is 11.6 Å². The second kappa shape index (κ2) is 3.74. The topological polar surface area (TPSA) is 83.8 Å². The number of H-pyrrole nitrogens is 1. The minimum atomic E-state index is -0.0862. The maximum absolute atomic E-state index is 12.3. The first-order chi connectivity index (χ1) is 9.13. The van der Waals surface area contributed by atoms with E-state index in [-0.39, 0.29) is 11.4 Å². The monoisotopic (exact) mass is 260 g/mol. The highest BCUT2D eigenvalue weighted by Gasteiger charge is 2.51. The van der Waals surface area contributed by atoms with Gasteiger partial charge in [0, 0.05) is 5.54 Å². The minimum Gasteiger partial charge on any atom is -0.396 e. The number of aromatic amines is 1. The summed E-state index contributed by atoms with van der Waals surface area (Å²) in [5.74, 6) is 2.39. The molecule has 0 aromatic carbocycles. The lowest BCUT2D eigenvalue weighted by Gasteiger charge is -2.56. The van der Waals surface area contributed by atoms with Crippen LogP contribution in [-0.2, 0) is 0 Å². The molecular formula is C14H20N4O. The van der Waals surface area contributed by atoms with Gasteiger partial charge >= 0.3 is 0 Å². The maximum atomic E-state index is 12.3. The van der Waals surface area contributed by atoms with Crippen LogP contribution in [0.2, 0.25) is 0 Å². The van der Waals surface area contributed by atoms with Gasteiger partial charge < -0.3 is 11.1 Å². The van der Waals surface area contributed by atoms with Gasteiger partial charge in [-0.1, -0.05) is 0 Å². The summed E-state index contributed by atoms with van der Waals surface area (Å²) >= 11 is 0. The summed E-state index contributed by atoms with van der Waals surface area (Å²) in [5.41, 5.74) is 6.63. The Hall–Kier alpha value is -1.52. The van der Waals surface area contributed by atoms with E-state index < -0.39 is 0 Å². The summed E-state index contributed by atoms with van der Waals surface area (Å²) in [4.78, 5) is 12.3. The van der Waals surface area contributed by atoms with Crippen LogP contribution >= 0.6 is 0 Å². The molecule has 102 valence electrons. The zero-order valence-electron chi connectivity index (χ0n) is 11.0. The van der Waals surface area contributed by atoms with E-state index in [9.17, 15) is 4.79 Å². The number of nitrogens with one attached hydrogen (secondary N) is 2. The highest BCUT2D eigenvalue weighted by atomic mass is 16.2. The van der Waals surface area contributed by atoms with Crippen LogP contribution in [-0.4, -0.2) is 21.6 Å². The molecule has 1 aromatic rings. The molecule has 1 amide bonds. The number of nitrogen functional groups attached to an aromatic ring is 1. The molecule has 0 atom stereocenters. The van der Waals surface area contributed by atoms with E-state index in [1.54, 1.807) is 0 Å². The van der Waals surface area contributed by atoms with Gasteiger partial charge in [-0.3, -0.25) is 9.89 Å². The van der Waals surface area contributed by atoms with E-state index in [4.69, 9.17) is 5.73 Å². The second-order valence-corrected chi connectivity index (χ2v) is 6.85. The smallest absolute Gasteiger partial charge is 0.271 e. The Morgan fingerprint density at radius 1 is 1.26 bits per heavy atom. The average Bonchev–Trinajstić information content (AvgIpc) is 2.72. The van der Waals surface area contributed by atoms with E-state index in [1.807, 2.05) is 0 Å². The molecule has 4 N–H and O–H groups in total. The number of hydrogen-bond acceptors (Lipinski definition) is 3. The third-order valence-electron chi connectivity index (χ3n) is 5.31. The van der Waals surface area contributed by atoms with Gasteiger partial charge in [0.1, 0.15) is 5.69 Å². The summed E-state index contributed by atoms with van der Waals surface area (Å²) in [6, 6.07) is 0. The van der Waals surface area contributed by atoms with Crippen LogP contribution in [0, 0.1) is 17.8 Å². The second-order valence-electron chi connectivity index (χ2n) is 6.85. The zero-order valence-corrected chi connectivity index (χ0v) is 11.0. The van der Waals surface area contributed by atoms with Gasteiger partial charge in [-0.15, -0.1) is 0 Å². The molecule has 0 spiro atoms. The number of aromatic nitrogens is 2. The molecular weight excluding hydrogens is 240 g/mol. The highest BCUT2D eigenvalue weighted by molar-refractivity contribution is 5.97. The Morgan fingerprint density at radius 3 is 2.32 bits per heavy atom. The van der Waals surface area contributed by atoms with Crippen LogP contribution in [0.1, 0.15) is 49.0 Å². The molecule has 5 heteroatoms. The molecule has 4 aliphatic rings. The number of hydrogen-bond donors (Lipinski definition) is 3. The number of rotatable bonds is 2. The zero-order chi connectivity index (χ0) is 13.0. The van der Waals surface area contributed by atoms with Crippen LogP contribution in [0.25, 0.3) is 0 Å². The van der Waals surface area contributed by atoms with Crippen molar-refractivity contribution in [1.82, 2.24) is 15.5 Å². The first-order valence-electron chi connectivity index (χ1n) is 7.25. The molecule has 1 heterocycles. The molecule has 0 unspecified atom stereocenters. The molecule has 4 bridgehead atoms. The first kappa shape index (κ1) is 11.3. The van der Waals surface area contributed by atoms with E-state index in [0.29, 0.717) is 11.4 Å². The van der Waals surface area contributed by atoms with Gasteiger partial charge in [0.2, 0.25) is 0 Å². The molecule has 4 saturated carbocycles. The maximum Gasteiger partial charge on any atom is 0.271 e. The molecule has 0 saturated heterocycles. The van der Waals surface area contributed by atoms with Crippen molar-refractivity contribution in [3.8, 4) is 0 Å². The largest absolute Gasteiger partial charge is 0.396 e. The van der Waals surface area contributed by atoms with Crippen LogP contribution in [0.4, 0.5) is 5.69 Å². The highest BCUT2D eigenvalue weighted by Crippen LogP contribution is 2.55. The van der Waals surface area contributed by atoms with Crippen molar-refractivity contribution in [3.63, 3.8) is 0 Å². The van der Waals surface area contributed by atoms with Crippen molar-refractivity contribution in [3.05, 3.63) is 11.9 Å². The molecule has 4 aliphatic carbocycles. The SMILES string of the molecule is Nc1cn[nH]c1C(=O)NC12CC3CC(CC(C3)C1)C2. The molecule has 0 aliphatic heterocycles. The van der Waals surface area contributed by atoms with E-state index >= 15 is 0 Å². The third kappa shape index (κ3) is 1.75. The van der Waals surface area contributed by atoms with Crippen LogP contribution < -0.4 is 11.1 Å². The average molecular weight is 260 g/mol. The Morgan fingerprint density at radius 2 is 1.84 bits per heavy atom. The summed E-state index contributed by atoms with van der Waals surface area (Å²) < 4.78 is 0. The molecule has 19 heavy (non-hydrogen) atoms. The summed E-state index contributed by atoms with van der Waals surface area (Å²) in [6.45, 7) is 0. The molecule has 1 aromatic heterocycles. The fraction of sp³-hybridized carbons (Fsp3) is 0.714. The van der Waals surface area contributed by atoms with Gasteiger partial charge in [-0.05, 0) is 56.3 Å². The summed E-state index contributed by atoms with van der Waals surface area (Å²) in [7, 11) is 0. The van der Waals surface area contributed by atoms with Crippen molar-refractivity contribution < 1.29 is 4.79 Å². The molecule has 5 nitrogen and oxygen atoms in total. The van der Waals surface area contributed by atoms with Crippen LogP contribution in [0.3, 0.4) is 0 Å².